The zero-order chi connectivity index (χ0) is 54.1. The van der Waals surface area contributed by atoms with Gasteiger partial charge in [0.2, 0.25) is 0 Å². The first-order chi connectivity index (χ1) is 40.7. The van der Waals surface area contributed by atoms with E-state index in [-0.39, 0.29) is 6.71 Å². The molecule has 0 amide bonds. The van der Waals surface area contributed by atoms with Gasteiger partial charge in [0.15, 0.2) is 17.5 Å². The fraction of sp³-hybridized carbons (Fsp3) is 0. The SMILES string of the molecule is c1ccc(-c2ccc3c(c2)c2ccccc2n3-c2c(-c3cccc(-c4ccc5c6c4N(c4ccccc4)c4ccccc4B6c4ccccc4N5c4ccccc4)c3)cccc2-c2nc(-c3ccccc3)nc(-c3ccccc3)n2)cc1. The molecule has 4 heterocycles. The number of rotatable bonds is 9. The normalized spacial score (nSPS) is 12.3. The second kappa shape index (κ2) is 19.5. The molecule has 7 heteroatoms. The molecule has 2 aliphatic heterocycles. The van der Waals surface area contributed by atoms with E-state index < -0.39 is 0 Å². The van der Waals surface area contributed by atoms with Crippen molar-refractivity contribution in [3.05, 3.63) is 297 Å². The Hall–Kier alpha value is -10.9. The molecule has 0 fully saturated rings. The molecule has 14 aromatic rings. The van der Waals surface area contributed by atoms with E-state index in [2.05, 4.69) is 275 Å². The molecule has 0 atom stereocenters. The van der Waals surface area contributed by atoms with Gasteiger partial charge in [0, 0.05) is 67.0 Å². The number of hydrogen-bond donors (Lipinski definition) is 0. The highest BCUT2D eigenvalue weighted by Gasteiger charge is 2.44. The maximum atomic E-state index is 5.42. The summed E-state index contributed by atoms with van der Waals surface area (Å²) in [6.45, 7) is -0.0247. The van der Waals surface area contributed by atoms with Crippen LogP contribution >= 0.6 is 0 Å². The summed E-state index contributed by atoms with van der Waals surface area (Å²) in [5, 5.41) is 2.32. The lowest BCUT2D eigenvalue weighted by molar-refractivity contribution is 1.06. The number of aromatic nitrogens is 4. The van der Waals surface area contributed by atoms with E-state index in [1.165, 1.54) is 39.0 Å². The summed E-state index contributed by atoms with van der Waals surface area (Å²) in [6.07, 6.45) is 0. The van der Waals surface area contributed by atoms with Gasteiger partial charge in [-0.3, -0.25) is 0 Å². The van der Waals surface area contributed by atoms with Gasteiger partial charge >= 0.3 is 0 Å². The van der Waals surface area contributed by atoms with E-state index in [1.807, 2.05) is 36.4 Å². The van der Waals surface area contributed by atoms with Gasteiger partial charge in [-0.05, 0) is 111 Å². The maximum Gasteiger partial charge on any atom is 0.252 e. The van der Waals surface area contributed by atoms with Crippen molar-refractivity contribution < 1.29 is 0 Å². The number of benzene rings is 12. The molecule has 0 saturated heterocycles. The highest BCUT2D eigenvalue weighted by Crippen LogP contribution is 2.49. The largest absolute Gasteiger partial charge is 0.311 e. The minimum absolute atomic E-state index is 0.0247. The smallest absolute Gasteiger partial charge is 0.252 e. The van der Waals surface area contributed by atoms with Gasteiger partial charge in [-0.15, -0.1) is 0 Å². The summed E-state index contributed by atoms with van der Waals surface area (Å²) < 4.78 is 2.45. The molecule has 0 N–H and O–H groups in total. The Kier molecular flexibility index (Phi) is 11.2. The quantitative estimate of drug-likeness (QED) is 0.135. The van der Waals surface area contributed by atoms with Gasteiger partial charge in [-0.1, -0.05) is 224 Å². The van der Waals surface area contributed by atoms with Crippen LogP contribution in [-0.4, -0.2) is 26.2 Å². The Morgan fingerprint density at radius 1 is 0.268 bits per heavy atom. The Morgan fingerprint density at radius 3 is 1.39 bits per heavy atom. The Labute approximate surface area is 476 Å². The van der Waals surface area contributed by atoms with Gasteiger partial charge in [0.25, 0.3) is 6.71 Å². The summed E-state index contributed by atoms with van der Waals surface area (Å²) in [7, 11) is 0. The first kappa shape index (κ1) is 47.1. The predicted molar refractivity (Wildman–Crippen MR) is 341 cm³/mol. The second-order valence-corrected chi connectivity index (χ2v) is 21.1. The summed E-state index contributed by atoms with van der Waals surface area (Å²) in [5.74, 6) is 1.79. The monoisotopic (exact) mass is 1040 g/mol. The zero-order valence-electron chi connectivity index (χ0n) is 44.6. The average Bonchev–Trinajstić information content (AvgIpc) is 3.02. The van der Waals surface area contributed by atoms with Crippen molar-refractivity contribution in [1.29, 1.82) is 0 Å². The predicted octanol–water partition coefficient (Wildman–Crippen LogP) is 17.1. The Morgan fingerprint density at radius 2 is 0.744 bits per heavy atom. The lowest BCUT2D eigenvalue weighted by Crippen LogP contribution is -2.61. The number of nitrogens with zero attached hydrogens (tertiary/aromatic N) is 6. The van der Waals surface area contributed by atoms with Crippen LogP contribution in [0.3, 0.4) is 0 Å². The van der Waals surface area contributed by atoms with Crippen LogP contribution in [0.25, 0.3) is 95.0 Å². The van der Waals surface area contributed by atoms with Crippen molar-refractivity contribution in [2.24, 2.45) is 0 Å². The van der Waals surface area contributed by atoms with Crippen molar-refractivity contribution in [3.8, 4) is 73.2 Å². The summed E-state index contributed by atoms with van der Waals surface area (Å²) in [4.78, 5) is 21.0. The van der Waals surface area contributed by atoms with Crippen LogP contribution in [-0.2, 0) is 0 Å². The highest BCUT2D eigenvalue weighted by atomic mass is 15.2. The van der Waals surface area contributed by atoms with Crippen molar-refractivity contribution in [2.45, 2.75) is 0 Å². The number of fused-ring (bicyclic) bond motifs is 7. The molecule has 0 spiro atoms. The molecule has 12 aromatic carbocycles. The second-order valence-electron chi connectivity index (χ2n) is 21.1. The van der Waals surface area contributed by atoms with Crippen molar-refractivity contribution in [1.82, 2.24) is 19.5 Å². The molecule has 0 unspecified atom stereocenters. The van der Waals surface area contributed by atoms with Crippen LogP contribution < -0.4 is 26.2 Å². The minimum atomic E-state index is -0.0247. The van der Waals surface area contributed by atoms with E-state index in [4.69, 9.17) is 15.0 Å². The van der Waals surface area contributed by atoms with Gasteiger partial charge in [0.05, 0.1) is 22.4 Å². The van der Waals surface area contributed by atoms with Crippen molar-refractivity contribution in [3.63, 3.8) is 0 Å². The Bertz CT molecular complexity index is 4690. The van der Waals surface area contributed by atoms with Crippen LogP contribution in [0.1, 0.15) is 0 Å². The molecule has 2 aliphatic rings. The summed E-state index contributed by atoms with van der Waals surface area (Å²) in [6, 6.07) is 107. The maximum absolute atomic E-state index is 5.42. The number of para-hydroxylation sites is 6. The van der Waals surface area contributed by atoms with Gasteiger partial charge in [-0.2, -0.15) is 0 Å². The molecular weight excluding hydrogens is 996 g/mol. The molecule has 0 aliphatic carbocycles. The standard InChI is InChI=1S/C75H49BN6/c1-6-24-50(25-7-1)53-44-46-66-62(49-53)60-36-16-19-41-65(60)82(66)71-58(37-23-38-61(71)75-78-73(51-26-8-2-9-27-51)77-74(79-75)52-28-10-3-11-29-52)54-30-22-31-55(48-54)59-45-47-69-70-72(59)81(57-34-14-5-15-35-57)68-43-21-18-40-64(68)76(70)63-39-17-20-42-67(63)80(69)56-32-12-4-13-33-56/h1-49H. The Balaban J connectivity index is 0.969. The average molecular weight is 1050 g/mol. The molecule has 0 saturated carbocycles. The van der Waals surface area contributed by atoms with Crippen LogP contribution in [0.2, 0.25) is 0 Å². The van der Waals surface area contributed by atoms with Gasteiger partial charge in [-0.25, -0.2) is 15.0 Å². The van der Waals surface area contributed by atoms with Gasteiger partial charge < -0.3 is 14.4 Å². The lowest BCUT2D eigenvalue weighted by Gasteiger charge is -2.45. The third kappa shape index (κ3) is 7.70. The van der Waals surface area contributed by atoms with Crippen molar-refractivity contribution >= 4 is 79.0 Å². The number of anilines is 6. The van der Waals surface area contributed by atoms with Gasteiger partial charge in [0.1, 0.15) is 0 Å². The first-order valence-corrected chi connectivity index (χ1v) is 28.0. The topological polar surface area (TPSA) is 50.1 Å². The van der Waals surface area contributed by atoms with E-state index >= 15 is 0 Å². The first-order valence-electron chi connectivity index (χ1n) is 28.0. The van der Waals surface area contributed by atoms with E-state index in [1.54, 1.807) is 0 Å². The van der Waals surface area contributed by atoms with E-state index in [0.29, 0.717) is 17.5 Å². The van der Waals surface area contributed by atoms with Crippen LogP contribution in [0.15, 0.2) is 297 Å². The summed E-state index contributed by atoms with van der Waals surface area (Å²) >= 11 is 0. The minimum Gasteiger partial charge on any atom is -0.311 e. The van der Waals surface area contributed by atoms with Crippen molar-refractivity contribution in [2.75, 3.05) is 9.80 Å². The van der Waals surface area contributed by atoms with E-state index in [0.717, 1.165) is 89.1 Å². The fourth-order valence-corrected chi connectivity index (χ4v) is 12.9. The van der Waals surface area contributed by atoms with Crippen LogP contribution in [0.4, 0.5) is 34.1 Å². The molecule has 16 rings (SSSR count). The molecule has 0 bridgehead atoms. The molecule has 82 heavy (non-hydrogen) atoms. The molecule has 2 aromatic heterocycles. The molecule has 382 valence electrons. The summed E-state index contributed by atoms with van der Waals surface area (Å²) in [5.41, 5.74) is 23.2. The van der Waals surface area contributed by atoms with Crippen LogP contribution in [0, 0.1) is 0 Å². The zero-order valence-corrected chi connectivity index (χ0v) is 44.6. The van der Waals surface area contributed by atoms with Crippen LogP contribution in [0.5, 0.6) is 0 Å². The number of hydrogen-bond acceptors (Lipinski definition) is 5. The van der Waals surface area contributed by atoms with E-state index in [9.17, 15) is 0 Å². The lowest BCUT2D eigenvalue weighted by atomic mass is 9.33. The molecule has 0 radical (unpaired) electrons. The molecule has 6 nitrogen and oxygen atoms in total. The third-order valence-electron chi connectivity index (χ3n) is 16.4. The molecular formula is C75H49BN6. The highest BCUT2D eigenvalue weighted by molar-refractivity contribution is 7.00. The fourth-order valence-electron chi connectivity index (χ4n) is 12.9. The third-order valence-corrected chi connectivity index (χ3v) is 16.4.